The molecular weight excluding hydrogens is 312 g/mol. The maximum Gasteiger partial charge on any atom is 0.255 e. The topological polar surface area (TPSA) is 52.2 Å². The lowest BCUT2D eigenvalue weighted by molar-refractivity contribution is 0.0746. The molecule has 0 saturated carbocycles. The van der Waals surface area contributed by atoms with E-state index in [4.69, 9.17) is 0 Å². The van der Waals surface area contributed by atoms with Gasteiger partial charge in [0.1, 0.15) is 5.65 Å². The standard InChI is InChI=1S/C20H22N4O/c1-14-3-4-18(11-15(14)2)23-7-9-24(10-8-23)20(25)17-12-16-5-6-21-19(16)22-13-17/h3-6,11-13H,7-10H2,1-2H3,(H,21,22). The fourth-order valence-corrected chi connectivity index (χ4v) is 3.33. The number of pyridine rings is 1. The Balaban J connectivity index is 1.45. The van der Waals surface area contributed by atoms with Crippen LogP contribution in [0.25, 0.3) is 11.0 Å². The molecule has 0 unspecified atom stereocenters. The second-order valence-electron chi connectivity index (χ2n) is 6.69. The van der Waals surface area contributed by atoms with Gasteiger partial charge in [-0.05, 0) is 49.2 Å². The van der Waals surface area contributed by atoms with Crippen LogP contribution in [0.3, 0.4) is 0 Å². The molecule has 0 atom stereocenters. The minimum Gasteiger partial charge on any atom is -0.368 e. The zero-order chi connectivity index (χ0) is 17.4. The van der Waals surface area contributed by atoms with Crippen LogP contribution in [0.4, 0.5) is 5.69 Å². The van der Waals surface area contributed by atoms with Gasteiger partial charge >= 0.3 is 0 Å². The van der Waals surface area contributed by atoms with Gasteiger partial charge in [0.15, 0.2) is 0 Å². The van der Waals surface area contributed by atoms with E-state index < -0.39 is 0 Å². The largest absolute Gasteiger partial charge is 0.368 e. The summed E-state index contributed by atoms with van der Waals surface area (Å²) >= 11 is 0. The van der Waals surface area contributed by atoms with Crippen LogP contribution in [-0.4, -0.2) is 47.0 Å². The van der Waals surface area contributed by atoms with Gasteiger partial charge in [0.25, 0.3) is 5.91 Å². The summed E-state index contributed by atoms with van der Waals surface area (Å²) in [4.78, 5) is 24.4. The minimum absolute atomic E-state index is 0.0651. The third-order valence-corrected chi connectivity index (χ3v) is 5.07. The lowest BCUT2D eigenvalue weighted by Crippen LogP contribution is -2.48. The molecule has 5 heteroatoms. The van der Waals surface area contributed by atoms with Crippen LogP contribution in [-0.2, 0) is 0 Å². The maximum absolute atomic E-state index is 12.8. The number of aryl methyl sites for hydroxylation is 2. The Hall–Kier alpha value is -2.82. The van der Waals surface area contributed by atoms with Crippen molar-refractivity contribution >= 4 is 22.6 Å². The highest BCUT2D eigenvalue weighted by atomic mass is 16.2. The fourth-order valence-electron chi connectivity index (χ4n) is 3.33. The van der Waals surface area contributed by atoms with Crippen LogP contribution < -0.4 is 4.90 Å². The quantitative estimate of drug-likeness (QED) is 0.783. The molecule has 3 heterocycles. The van der Waals surface area contributed by atoms with E-state index in [1.54, 1.807) is 6.20 Å². The van der Waals surface area contributed by atoms with Gasteiger partial charge < -0.3 is 14.8 Å². The molecule has 4 rings (SSSR count). The number of hydrogen-bond donors (Lipinski definition) is 1. The Labute approximate surface area is 147 Å². The molecule has 2 aromatic heterocycles. The number of carbonyl (C=O) groups excluding carboxylic acids is 1. The number of aromatic nitrogens is 2. The average Bonchev–Trinajstić information content (AvgIpc) is 3.11. The number of nitrogens with zero attached hydrogens (tertiary/aromatic N) is 3. The highest BCUT2D eigenvalue weighted by Crippen LogP contribution is 2.21. The summed E-state index contributed by atoms with van der Waals surface area (Å²) in [6.45, 7) is 7.45. The lowest BCUT2D eigenvalue weighted by Gasteiger charge is -2.36. The van der Waals surface area contributed by atoms with Crippen LogP contribution in [0.1, 0.15) is 21.5 Å². The van der Waals surface area contributed by atoms with E-state index in [-0.39, 0.29) is 5.91 Å². The summed E-state index contributed by atoms with van der Waals surface area (Å²) in [6, 6.07) is 10.4. The van der Waals surface area contributed by atoms with Gasteiger partial charge in [-0.15, -0.1) is 0 Å². The lowest BCUT2D eigenvalue weighted by atomic mass is 10.1. The monoisotopic (exact) mass is 334 g/mol. The molecule has 1 saturated heterocycles. The molecule has 1 aliphatic rings. The Morgan fingerprint density at radius 2 is 1.84 bits per heavy atom. The number of nitrogens with one attached hydrogen (secondary N) is 1. The first-order chi connectivity index (χ1) is 12.1. The highest BCUT2D eigenvalue weighted by molar-refractivity contribution is 5.97. The van der Waals surface area contributed by atoms with Crippen LogP contribution in [0.5, 0.6) is 0 Å². The molecule has 1 amide bonds. The van der Waals surface area contributed by atoms with Crippen molar-refractivity contribution in [1.29, 1.82) is 0 Å². The van der Waals surface area contributed by atoms with Crippen molar-refractivity contribution in [3.05, 3.63) is 59.4 Å². The van der Waals surface area contributed by atoms with E-state index in [0.29, 0.717) is 5.56 Å². The van der Waals surface area contributed by atoms with E-state index in [9.17, 15) is 4.79 Å². The van der Waals surface area contributed by atoms with Crippen molar-refractivity contribution in [2.45, 2.75) is 13.8 Å². The molecular formula is C20H22N4O. The summed E-state index contributed by atoms with van der Waals surface area (Å²) in [5, 5.41) is 0.972. The van der Waals surface area contributed by atoms with Gasteiger partial charge in [-0.3, -0.25) is 4.79 Å². The van der Waals surface area contributed by atoms with Crippen molar-refractivity contribution in [2.24, 2.45) is 0 Å². The van der Waals surface area contributed by atoms with E-state index in [2.05, 4.69) is 46.9 Å². The molecule has 0 spiro atoms. The van der Waals surface area contributed by atoms with Crippen LogP contribution >= 0.6 is 0 Å². The smallest absolute Gasteiger partial charge is 0.255 e. The van der Waals surface area contributed by atoms with E-state index in [0.717, 1.165) is 37.2 Å². The molecule has 128 valence electrons. The van der Waals surface area contributed by atoms with Crippen LogP contribution in [0, 0.1) is 13.8 Å². The Bertz CT molecular complexity index is 922. The summed E-state index contributed by atoms with van der Waals surface area (Å²) in [7, 11) is 0. The number of amides is 1. The third-order valence-electron chi connectivity index (χ3n) is 5.07. The summed E-state index contributed by atoms with van der Waals surface area (Å²) < 4.78 is 0. The summed E-state index contributed by atoms with van der Waals surface area (Å²) in [5.41, 5.74) is 5.33. The third kappa shape index (κ3) is 2.97. The number of aromatic amines is 1. The molecule has 1 N–H and O–H groups in total. The molecule has 1 aliphatic heterocycles. The van der Waals surface area contributed by atoms with Gasteiger partial charge in [-0.25, -0.2) is 4.98 Å². The van der Waals surface area contributed by atoms with Crippen molar-refractivity contribution in [3.8, 4) is 0 Å². The number of hydrogen-bond acceptors (Lipinski definition) is 3. The van der Waals surface area contributed by atoms with E-state index in [1.165, 1.54) is 16.8 Å². The summed E-state index contributed by atoms with van der Waals surface area (Å²) in [5.74, 6) is 0.0651. The predicted octanol–water partition coefficient (Wildman–Crippen LogP) is 3.14. The first-order valence-corrected chi connectivity index (χ1v) is 8.66. The van der Waals surface area contributed by atoms with Crippen LogP contribution in [0.2, 0.25) is 0 Å². The number of anilines is 1. The molecule has 1 fully saturated rings. The van der Waals surface area contributed by atoms with Gasteiger partial charge in [0.05, 0.1) is 5.56 Å². The molecule has 1 aromatic carbocycles. The zero-order valence-electron chi connectivity index (χ0n) is 14.6. The first kappa shape index (κ1) is 15.7. The molecule has 0 bridgehead atoms. The zero-order valence-corrected chi connectivity index (χ0v) is 14.6. The maximum atomic E-state index is 12.8. The Kier molecular flexibility index (Phi) is 3.92. The Morgan fingerprint density at radius 1 is 1.04 bits per heavy atom. The van der Waals surface area contributed by atoms with Crippen molar-refractivity contribution in [1.82, 2.24) is 14.9 Å². The SMILES string of the molecule is Cc1ccc(N2CCN(C(=O)c3cnc4[nH]ccc4c3)CC2)cc1C. The van der Waals surface area contributed by atoms with Gasteiger partial charge in [0.2, 0.25) is 0 Å². The number of rotatable bonds is 2. The average molecular weight is 334 g/mol. The van der Waals surface area contributed by atoms with E-state index >= 15 is 0 Å². The second kappa shape index (κ2) is 6.24. The molecule has 5 nitrogen and oxygen atoms in total. The minimum atomic E-state index is 0.0651. The molecule has 0 radical (unpaired) electrons. The van der Waals surface area contributed by atoms with Crippen molar-refractivity contribution < 1.29 is 4.79 Å². The predicted molar refractivity (Wildman–Crippen MR) is 100 cm³/mol. The Morgan fingerprint density at radius 3 is 2.60 bits per heavy atom. The number of piperazine rings is 1. The first-order valence-electron chi connectivity index (χ1n) is 8.66. The number of carbonyl (C=O) groups is 1. The number of H-pyrrole nitrogens is 1. The molecule has 25 heavy (non-hydrogen) atoms. The second-order valence-corrected chi connectivity index (χ2v) is 6.69. The van der Waals surface area contributed by atoms with Gasteiger partial charge in [-0.2, -0.15) is 0 Å². The van der Waals surface area contributed by atoms with Gasteiger partial charge in [-0.1, -0.05) is 6.07 Å². The van der Waals surface area contributed by atoms with Crippen molar-refractivity contribution in [2.75, 3.05) is 31.1 Å². The number of fused-ring (bicyclic) bond motifs is 1. The highest BCUT2D eigenvalue weighted by Gasteiger charge is 2.23. The molecule has 0 aliphatic carbocycles. The van der Waals surface area contributed by atoms with E-state index in [1.807, 2.05) is 23.2 Å². The van der Waals surface area contributed by atoms with Crippen molar-refractivity contribution in [3.63, 3.8) is 0 Å². The molecule has 3 aromatic rings. The normalized spacial score (nSPS) is 15.0. The van der Waals surface area contributed by atoms with Gasteiger partial charge in [0, 0.05) is 49.6 Å². The fraction of sp³-hybridized carbons (Fsp3) is 0.300. The van der Waals surface area contributed by atoms with Crippen LogP contribution in [0.15, 0.2) is 42.7 Å². The summed E-state index contributed by atoms with van der Waals surface area (Å²) in [6.07, 6.45) is 3.51. The number of benzene rings is 1.